The third kappa shape index (κ3) is 8.96. The Hall–Kier alpha value is 0.643. The predicted octanol–water partition coefficient (Wildman–Crippen LogP) is -4.82. The fourth-order valence-electron chi connectivity index (χ4n) is 0.870. The van der Waals surface area contributed by atoms with Gasteiger partial charge in [0.15, 0.2) is 0 Å². The molecular weight excluding hydrogens is 402 g/mol. The second kappa shape index (κ2) is 10.7. The van der Waals surface area contributed by atoms with Crippen LogP contribution in [0, 0.1) is 6.07 Å². The minimum Gasteiger partial charge on any atom is -1.00 e. The van der Waals surface area contributed by atoms with Crippen molar-refractivity contribution in [1.29, 1.82) is 0 Å². The first kappa shape index (κ1) is 19.3. The van der Waals surface area contributed by atoms with Crippen molar-refractivity contribution in [1.82, 2.24) is 4.90 Å². The third-order valence-corrected chi connectivity index (χ3v) is 1.26. The van der Waals surface area contributed by atoms with Crippen molar-refractivity contribution in [2.75, 3.05) is 14.1 Å². The third-order valence-electron chi connectivity index (χ3n) is 1.26. The Kier molecular flexibility index (Phi) is 15.9. The first-order valence-electron chi connectivity index (χ1n) is 3.39. The Morgan fingerprint density at radius 2 is 1.85 bits per heavy atom. The number of halogens is 2. The number of nitrogens with zero attached hydrogens (tertiary/aromatic N) is 1. The smallest absolute Gasteiger partial charge is 1.00 e. The second-order valence-electron chi connectivity index (χ2n) is 2.63. The van der Waals surface area contributed by atoms with E-state index >= 15 is 0 Å². The molecule has 2 radical (unpaired) electrons. The van der Waals surface area contributed by atoms with Crippen LogP contribution >= 0.6 is 0 Å². The van der Waals surface area contributed by atoms with Crippen molar-refractivity contribution in [2.45, 2.75) is 6.54 Å². The molecule has 1 nitrogen and oxygen atoms in total. The molecule has 0 aliphatic heterocycles. The molecule has 1 aromatic rings. The Morgan fingerprint density at radius 1 is 1.23 bits per heavy atom. The van der Waals surface area contributed by atoms with E-state index in [2.05, 4.69) is 31.1 Å². The molecule has 72 valence electrons. The van der Waals surface area contributed by atoms with E-state index < -0.39 is 0 Å². The maximum Gasteiger partial charge on any atom is 3.00 e. The summed E-state index contributed by atoms with van der Waals surface area (Å²) in [5.41, 5.74) is 1.24. The van der Waals surface area contributed by atoms with Crippen molar-refractivity contribution in [3.05, 3.63) is 35.9 Å². The Balaban J connectivity index is -0.000000333. The monoisotopic (exact) mass is 413 g/mol. The molecule has 4 heteroatoms. The van der Waals surface area contributed by atoms with Crippen molar-refractivity contribution in [2.24, 2.45) is 0 Å². The molecule has 0 atom stereocenters. The summed E-state index contributed by atoms with van der Waals surface area (Å²) in [6.45, 7) is 0.973. The number of hydrogen-bond acceptors (Lipinski definition) is 1. The minimum atomic E-state index is 0. The van der Waals surface area contributed by atoms with Crippen LogP contribution in [0.1, 0.15) is 5.56 Å². The maximum atomic E-state index is 3.16. The SMILES string of the molecule is CN(C)Cc1[c-]cccc1.[Bi+3].[Cl-].[Cl-]. The number of rotatable bonds is 2. The van der Waals surface area contributed by atoms with E-state index in [0.29, 0.717) is 0 Å². The van der Waals surface area contributed by atoms with Gasteiger partial charge in [0, 0.05) is 6.54 Å². The zero-order chi connectivity index (χ0) is 7.40. The van der Waals surface area contributed by atoms with E-state index in [0.717, 1.165) is 6.54 Å². The van der Waals surface area contributed by atoms with E-state index in [9.17, 15) is 0 Å². The van der Waals surface area contributed by atoms with E-state index in [-0.39, 0.29) is 51.0 Å². The van der Waals surface area contributed by atoms with Crippen molar-refractivity contribution in [3.8, 4) is 0 Å². The molecule has 0 heterocycles. The van der Waals surface area contributed by atoms with Gasteiger partial charge in [-0.25, -0.2) is 0 Å². The molecule has 13 heavy (non-hydrogen) atoms. The van der Waals surface area contributed by atoms with Crippen molar-refractivity contribution in [3.63, 3.8) is 0 Å². The van der Waals surface area contributed by atoms with Gasteiger partial charge in [-0.05, 0) is 14.1 Å². The average molecular weight is 414 g/mol. The second-order valence-corrected chi connectivity index (χ2v) is 2.63. The summed E-state index contributed by atoms with van der Waals surface area (Å²) >= 11 is 0. The quantitative estimate of drug-likeness (QED) is 0.347. The Morgan fingerprint density at radius 3 is 2.23 bits per heavy atom. The van der Waals surface area contributed by atoms with Gasteiger partial charge in [0.2, 0.25) is 0 Å². The topological polar surface area (TPSA) is 3.24 Å². The molecule has 0 unspecified atom stereocenters. The molecule has 0 saturated heterocycles. The van der Waals surface area contributed by atoms with Gasteiger partial charge >= 0.3 is 26.2 Å². The normalized spacial score (nSPS) is 7.92. The van der Waals surface area contributed by atoms with Gasteiger partial charge in [-0.3, -0.25) is 0 Å². The fourth-order valence-corrected chi connectivity index (χ4v) is 0.870. The van der Waals surface area contributed by atoms with Gasteiger partial charge in [-0.15, -0.1) is 5.56 Å². The molecule has 0 bridgehead atoms. The number of hydrogen-bond donors (Lipinski definition) is 0. The van der Waals surface area contributed by atoms with Crippen LogP contribution in [-0.4, -0.2) is 45.2 Å². The standard InChI is InChI=1S/C9H12N.Bi.2ClH/c1-10(2)8-9-6-4-3-5-7-9;;;/h3-6H,8H2,1-2H3;;2*1H/q-1;+3;;/p-2. The molecule has 1 rings (SSSR count). The van der Waals surface area contributed by atoms with Crippen LogP contribution in [0.5, 0.6) is 0 Å². The average Bonchev–Trinajstić information content (AvgIpc) is 1.88. The summed E-state index contributed by atoms with van der Waals surface area (Å²) in [6.07, 6.45) is 0. The molecule has 1 aromatic carbocycles. The zero-order valence-electron chi connectivity index (χ0n) is 7.67. The van der Waals surface area contributed by atoms with E-state index in [1.54, 1.807) is 0 Å². The molecule has 0 aliphatic carbocycles. The van der Waals surface area contributed by atoms with E-state index in [4.69, 9.17) is 0 Å². The summed E-state index contributed by atoms with van der Waals surface area (Å²) in [4.78, 5) is 2.13. The van der Waals surface area contributed by atoms with Gasteiger partial charge in [-0.2, -0.15) is 30.3 Å². The Bertz CT molecular complexity index is 192. The zero-order valence-corrected chi connectivity index (χ0v) is 12.7. The molecule has 0 fully saturated rings. The molecule has 0 N–H and O–H groups in total. The van der Waals surface area contributed by atoms with Crippen LogP contribution in [-0.2, 0) is 6.54 Å². The number of benzene rings is 1. The molecule has 0 spiro atoms. The summed E-state index contributed by atoms with van der Waals surface area (Å²) in [5.74, 6) is 0. The van der Waals surface area contributed by atoms with Crippen LogP contribution in [0.4, 0.5) is 0 Å². The van der Waals surface area contributed by atoms with Crippen molar-refractivity contribution >= 4 is 26.2 Å². The summed E-state index contributed by atoms with van der Waals surface area (Å²) in [6, 6.07) is 11.2. The van der Waals surface area contributed by atoms with Gasteiger partial charge in [0.05, 0.1) is 0 Å². The summed E-state index contributed by atoms with van der Waals surface area (Å²) in [7, 11) is 4.11. The predicted molar refractivity (Wildman–Crippen MR) is 48.4 cm³/mol. The first-order chi connectivity index (χ1) is 4.79. The van der Waals surface area contributed by atoms with Crippen LogP contribution < -0.4 is 24.8 Å². The van der Waals surface area contributed by atoms with Crippen LogP contribution in [0.2, 0.25) is 0 Å². The van der Waals surface area contributed by atoms with Gasteiger partial charge in [0.1, 0.15) is 0 Å². The van der Waals surface area contributed by atoms with Crippen LogP contribution in [0.25, 0.3) is 0 Å². The fraction of sp³-hybridized carbons (Fsp3) is 0.333. The van der Waals surface area contributed by atoms with E-state index in [1.165, 1.54) is 5.56 Å². The van der Waals surface area contributed by atoms with Gasteiger partial charge < -0.3 is 29.7 Å². The van der Waals surface area contributed by atoms with Crippen LogP contribution in [0.3, 0.4) is 0 Å². The molecule has 0 amide bonds. The largest absolute Gasteiger partial charge is 3.00 e. The van der Waals surface area contributed by atoms with Gasteiger partial charge in [-0.1, -0.05) is 0 Å². The van der Waals surface area contributed by atoms with Crippen molar-refractivity contribution < 1.29 is 24.8 Å². The minimum absolute atomic E-state index is 0. The first-order valence-corrected chi connectivity index (χ1v) is 3.39. The summed E-state index contributed by atoms with van der Waals surface area (Å²) < 4.78 is 0. The van der Waals surface area contributed by atoms with Gasteiger partial charge in [0.25, 0.3) is 0 Å². The molecular formula is C9H12BiCl2N. The van der Waals surface area contributed by atoms with E-state index in [1.807, 2.05) is 18.2 Å². The summed E-state index contributed by atoms with van der Waals surface area (Å²) in [5, 5.41) is 0. The molecule has 0 aliphatic rings. The van der Waals surface area contributed by atoms with Crippen LogP contribution in [0.15, 0.2) is 24.3 Å². The molecule has 0 aromatic heterocycles. The molecule has 0 saturated carbocycles. The Labute approximate surface area is 112 Å². The maximum absolute atomic E-state index is 3.16.